The highest BCUT2D eigenvalue weighted by molar-refractivity contribution is 5.10. The van der Waals surface area contributed by atoms with Crippen LogP contribution >= 0.6 is 0 Å². The number of aryl methyl sites for hydroxylation is 2. The molecule has 15 heteroatoms. The normalized spacial score (nSPS) is 15.0. The van der Waals surface area contributed by atoms with Crippen molar-refractivity contribution in [3.63, 3.8) is 0 Å². The molecule has 0 saturated carbocycles. The smallest absolute Gasteiger partial charge is 0.237 e. The van der Waals surface area contributed by atoms with E-state index in [0.717, 1.165) is 23.5 Å². The Bertz CT molecular complexity index is 706. The molecular formula is C15H16F13N2+. The van der Waals surface area contributed by atoms with Gasteiger partial charge in [0.1, 0.15) is 12.4 Å². The minimum atomic E-state index is -7.86. The fraction of sp³-hybridized carbons (Fsp3) is 0.800. The van der Waals surface area contributed by atoms with Gasteiger partial charge in [-0.1, -0.05) is 13.3 Å². The van der Waals surface area contributed by atoms with Crippen LogP contribution in [-0.4, -0.2) is 40.4 Å². The van der Waals surface area contributed by atoms with Gasteiger partial charge in [-0.15, -0.1) is 0 Å². The van der Waals surface area contributed by atoms with Crippen LogP contribution < -0.4 is 4.57 Å². The van der Waals surface area contributed by atoms with E-state index in [9.17, 15) is 57.1 Å². The zero-order valence-corrected chi connectivity index (χ0v) is 15.1. The molecule has 0 saturated heterocycles. The fourth-order valence-electron chi connectivity index (χ4n) is 2.27. The largest absolute Gasteiger partial charge is 0.460 e. The molecule has 0 amide bonds. The molecule has 176 valence electrons. The highest BCUT2D eigenvalue weighted by atomic mass is 19.4. The van der Waals surface area contributed by atoms with Crippen LogP contribution in [0.5, 0.6) is 0 Å². The molecule has 0 aliphatic rings. The Hall–Kier alpha value is -1.70. The van der Waals surface area contributed by atoms with E-state index in [2.05, 4.69) is 0 Å². The molecule has 0 fully saturated rings. The average molecular weight is 471 g/mol. The van der Waals surface area contributed by atoms with Crippen LogP contribution in [0.2, 0.25) is 0 Å². The van der Waals surface area contributed by atoms with Gasteiger partial charge in [0, 0.05) is 0 Å². The quantitative estimate of drug-likeness (QED) is 0.306. The lowest BCUT2D eigenvalue weighted by Gasteiger charge is -2.39. The van der Waals surface area contributed by atoms with Crippen LogP contribution in [-0.2, 0) is 13.1 Å². The van der Waals surface area contributed by atoms with Gasteiger partial charge in [0.25, 0.3) is 0 Å². The maximum atomic E-state index is 13.7. The van der Waals surface area contributed by atoms with E-state index in [4.69, 9.17) is 0 Å². The van der Waals surface area contributed by atoms with Gasteiger partial charge >= 0.3 is 35.8 Å². The number of nitrogens with zero attached hydrogens (tertiary/aromatic N) is 2. The molecule has 1 heterocycles. The summed E-state index contributed by atoms with van der Waals surface area (Å²) in [4.78, 5) is 0. The maximum absolute atomic E-state index is 13.7. The van der Waals surface area contributed by atoms with Crippen molar-refractivity contribution in [1.82, 2.24) is 4.57 Å². The van der Waals surface area contributed by atoms with Crippen LogP contribution in [0.25, 0.3) is 0 Å². The van der Waals surface area contributed by atoms with E-state index >= 15 is 0 Å². The first kappa shape index (κ1) is 26.3. The van der Waals surface area contributed by atoms with Crippen molar-refractivity contribution in [1.29, 1.82) is 0 Å². The van der Waals surface area contributed by atoms with E-state index in [1.807, 2.05) is 6.92 Å². The lowest BCUT2D eigenvalue weighted by atomic mass is 9.92. The second kappa shape index (κ2) is 8.09. The van der Waals surface area contributed by atoms with Crippen molar-refractivity contribution in [3.05, 3.63) is 18.7 Å². The third-order valence-corrected chi connectivity index (χ3v) is 4.20. The van der Waals surface area contributed by atoms with Crippen molar-refractivity contribution in [2.24, 2.45) is 0 Å². The van der Waals surface area contributed by atoms with Gasteiger partial charge in [-0.3, -0.25) is 0 Å². The van der Waals surface area contributed by atoms with E-state index in [1.165, 1.54) is 10.8 Å². The third-order valence-electron chi connectivity index (χ3n) is 4.20. The Labute approximate surface area is 161 Å². The summed E-state index contributed by atoms with van der Waals surface area (Å²) >= 11 is 0. The van der Waals surface area contributed by atoms with Crippen molar-refractivity contribution in [2.75, 3.05) is 0 Å². The fourth-order valence-corrected chi connectivity index (χ4v) is 2.27. The molecule has 0 aromatic carbocycles. The highest BCUT2D eigenvalue weighted by Crippen LogP contribution is 2.60. The number of hydrogen-bond acceptors (Lipinski definition) is 0. The Morgan fingerprint density at radius 1 is 0.733 bits per heavy atom. The van der Waals surface area contributed by atoms with Crippen molar-refractivity contribution >= 4 is 0 Å². The molecule has 0 unspecified atom stereocenters. The molecule has 0 radical (unpaired) electrons. The predicted octanol–water partition coefficient (Wildman–Crippen LogP) is 5.70. The van der Waals surface area contributed by atoms with Gasteiger partial charge in [-0.2, -0.15) is 57.1 Å². The maximum Gasteiger partial charge on any atom is 0.460 e. The summed E-state index contributed by atoms with van der Waals surface area (Å²) in [6.07, 6.45) is -4.80. The molecule has 0 spiro atoms. The Kier molecular flexibility index (Phi) is 7.11. The highest BCUT2D eigenvalue weighted by Gasteiger charge is 2.90. The molecule has 0 bridgehead atoms. The van der Waals surface area contributed by atoms with Crippen molar-refractivity contribution < 1.29 is 61.6 Å². The first-order valence-electron chi connectivity index (χ1n) is 8.27. The molecule has 0 atom stereocenters. The first-order chi connectivity index (χ1) is 13.3. The van der Waals surface area contributed by atoms with Crippen molar-refractivity contribution in [3.8, 4) is 0 Å². The summed E-state index contributed by atoms with van der Waals surface area (Å²) in [5.41, 5.74) is 0. The third kappa shape index (κ3) is 4.34. The van der Waals surface area contributed by atoms with Crippen LogP contribution in [0.3, 0.4) is 0 Å². The molecule has 30 heavy (non-hydrogen) atoms. The molecule has 1 rings (SSSR count). The molecule has 0 aliphatic carbocycles. The van der Waals surface area contributed by atoms with Gasteiger partial charge in [0.15, 0.2) is 0 Å². The predicted molar refractivity (Wildman–Crippen MR) is 74.9 cm³/mol. The van der Waals surface area contributed by atoms with Gasteiger partial charge in [-0.05, 0) is 6.42 Å². The van der Waals surface area contributed by atoms with Gasteiger partial charge < -0.3 is 0 Å². The first-order valence-corrected chi connectivity index (χ1v) is 8.27. The number of rotatable bonds is 10. The second-order valence-corrected chi connectivity index (χ2v) is 6.49. The monoisotopic (exact) mass is 471 g/mol. The second-order valence-electron chi connectivity index (χ2n) is 6.49. The number of imidazole rings is 1. The zero-order chi connectivity index (χ0) is 23.8. The average Bonchev–Trinajstić information content (AvgIpc) is 3.04. The minimum absolute atomic E-state index is 0.382. The Balaban J connectivity index is 3.12. The van der Waals surface area contributed by atoms with E-state index in [1.54, 1.807) is 0 Å². The lowest BCUT2D eigenvalue weighted by Crippen LogP contribution is -2.70. The summed E-state index contributed by atoms with van der Waals surface area (Å²) in [5.74, 6) is -36.6. The molecule has 1 aromatic heterocycles. The molecule has 0 N–H and O–H groups in total. The molecule has 1 aromatic rings. The molecule has 0 aliphatic heterocycles. The summed E-state index contributed by atoms with van der Waals surface area (Å²) in [7, 11) is 0. The summed E-state index contributed by atoms with van der Waals surface area (Å²) in [6.45, 7) is 1.06. The number of alkyl halides is 13. The Morgan fingerprint density at radius 3 is 1.70 bits per heavy atom. The van der Waals surface area contributed by atoms with Gasteiger partial charge in [0.2, 0.25) is 6.33 Å². The summed E-state index contributed by atoms with van der Waals surface area (Å²) < 4.78 is 171. The topological polar surface area (TPSA) is 8.81 Å². The van der Waals surface area contributed by atoms with Gasteiger partial charge in [-0.25, -0.2) is 9.13 Å². The number of hydrogen-bond donors (Lipinski definition) is 0. The molecule has 2 nitrogen and oxygen atoms in total. The van der Waals surface area contributed by atoms with E-state index < -0.39 is 48.8 Å². The van der Waals surface area contributed by atoms with E-state index in [-0.39, 0.29) is 0 Å². The molecular weight excluding hydrogens is 455 g/mol. The Morgan fingerprint density at radius 2 is 1.23 bits per heavy atom. The standard InChI is InChI=1S/C15H16F13N2/c1-2-3-5-29-7-8-30(9-29)6-4-10(16,17)11(18,19)12(20,21)13(22,23)14(24,25)15(26,27)28/h7-9H,2-6H2,1H3/q+1. The van der Waals surface area contributed by atoms with E-state index in [0.29, 0.717) is 13.0 Å². The number of aromatic nitrogens is 2. The number of halogens is 13. The van der Waals surface area contributed by atoms with Crippen LogP contribution in [0.15, 0.2) is 18.7 Å². The zero-order valence-electron chi connectivity index (χ0n) is 15.1. The lowest BCUT2D eigenvalue weighted by molar-refractivity contribution is -0.696. The van der Waals surface area contributed by atoms with Crippen LogP contribution in [0.1, 0.15) is 26.2 Å². The van der Waals surface area contributed by atoms with Crippen LogP contribution in [0.4, 0.5) is 57.1 Å². The summed E-state index contributed by atoms with van der Waals surface area (Å²) in [6, 6.07) is 0. The summed E-state index contributed by atoms with van der Waals surface area (Å²) in [5, 5.41) is 0. The van der Waals surface area contributed by atoms with Crippen LogP contribution in [0, 0.1) is 0 Å². The minimum Gasteiger partial charge on any atom is -0.237 e. The number of unbranched alkanes of at least 4 members (excludes halogenated alkanes) is 1. The SMILES string of the molecule is CCCC[n+]1ccn(CCC(F)(F)C(F)(F)C(F)(F)C(F)(F)C(F)(F)C(F)(F)F)c1. The van der Waals surface area contributed by atoms with Gasteiger partial charge in [0.05, 0.1) is 19.5 Å². The van der Waals surface area contributed by atoms with Crippen molar-refractivity contribution in [2.45, 2.75) is 75.1 Å².